The molecule has 1 fully saturated rings. The molecule has 1 aliphatic rings. The normalized spacial score (nSPS) is 19.4. The Bertz CT molecular complexity index is 820. The molecule has 6 nitrogen and oxygen atoms in total. The molecule has 0 radical (unpaired) electrons. The van der Waals surface area contributed by atoms with Crippen LogP contribution in [0.4, 0.5) is 4.39 Å². The summed E-state index contributed by atoms with van der Waals surface area (Å²) >= 11 is 0. The van der Waals surface area contributed by atoms with Gasteiger partial charge in [0, 0.05) is 13.7 Å². The summed E-state index contributed by atoms with van der Waals surface area (Å²) in [6.07, 6.45) is 2.38. The van der Waals surface area contributed by atoms with Crippen molar-refractivity contribution in [2.45, 2.75) is 24.9 Å². The largest absolute Gasteiger partial charge is 0.492 e. The topological polar surface area (TPSA) is 60.0 Å². The average Bonchev–Trinajstić information content (AvgIpc) is 3.00. The van der Waals surface area contributed by atoms with Crippen LogP contribution in [0.5, 0.6) is 11.5 Å². The van der Waals surface area contributed by atoms with Gasteiger partial charge in [-0.15, -0.1) is 0 Å². The summed E-state index contributed by atoms with van der Waals surface area (Å²) in [4.78, 5) is 14.4. The summed E-state index contributed by atoms with van der Waals surface area (Å²) in [5, 5.41) is 2.90. The van der Waals surface area contributed by atoms with Crippen LogP contribution in [0.3, 0.4) is 0 Å². The van der Waals surface area contributed by atoms with Gasteiger partial charge in [-0.2, -0.15) is 0 Å². The van der Waals surface area contributed by atoms with Crippen molar-refractivity contribution in [2.24, 2.45) is 0 Å². The zero-order valence-electron chi connectivity index (χ0n) is 18.0. The van der Waals surface area contributed by atoms with E-state index in [2.05, 4.69) is 10.2 Å². The third-order valence-corrected chi connectivity index (χ3v) is 5.55. The number of methoxy groups -OCH3 is 1. The summed E-state index contributed by atoms with van der Waals surface area (Å²) in [5.41, 5.74) is -0.489. The molecule has 1 N–H and O–H groups in total. The second-order valence-corrected chi connectivity index (χ2v) is 7.75. The number of amides is 1. The Morgan fingerprint density at radius 1 is 1.06 bits per heavy atom. The fourth-order valence-electron chi connectivity index (χ4n) is 3.70. The van der Waals surface area contributed by atoms with Crippen molar-refractivity contribution in [1.29, 1.82) is 0 Å². The van der Waals surface area contributed by atoms with Crippen LogP contribution >= 0.6 is 0 Å². The molecule has 2 aromatic carbocycles. The smallest absolute Gasteiger partial charge is 0.234 e. The highest BCUT2D eigenvalue weighted by Crippen LogP contribution is 2.28. The number of likely N-dealkylation sites (tertiary alicyclic amines) is 1. The van der Waals surface area contributed by atoms with Gasteiger partial charge in [-0.1, -0.05) is 30.3 Å². The van der Waals surface area contributed by atoms with Crippen LogP contribution in [0.15, 0.2) is 54.6 Å². The third kappa shape index (κ3) is 7.22. The predicted octanol–water partition coefficient (Wildman–Crippen LogP) is 3.27. The van der Waals surface area contributed by atoms with E-state index in [0.717, 1.165) is 25.1 Å². The van der Waals surface area contributed by atoms with E-state index in [-0.39, 0.29) is 24.1 Å². The minimum absolute atomic E-state index is 0.0239. The van der Waals surface area contributed by atoms with Crippen LogP contribution in [0.1, 0.15) is 19.3 Å². The molecule has 1 aliphatic heterocycles. The first-order chi connectivity index (χ1) is 15.1. The minimum Gasteiger partial charge on any atom is -0.492 e. The van der Waals surface area contributed by atoms with Gasteiger partial charge in [-0.05, 0) is 50.1 Å². The summed E-state index contributed by atoms with van der Waals surface area (Å²) in [6, 6.07) is 15.9. The van der Waals surface area contributed by atoms with E-state index in [1.807, 2.05) is 30.3 Å². The van der Waals surface area contributed by atoms with Crippen LogP contribution in [-0.2, 0) is 9.53 Å². The van der Waals surface area contributed by atoms with E-state index >= 15 is 0 Å². The van der Waals surface area contributed by atoms with Crippen molar-refractivity contribution in [3.05, 3.63) is 60.4 Å². The molecular weight excluding hydrogens is 399 g/mol. The number of carbonyl (C=O) groups excluding carboxylic acids is 1. The summed E-state index contributed by atoms with van der Waals surface area (Å²) in [5.74, 6) is 0.621. The monoisotopic (exact) mass is 430 g/mol. The van der Waals surface area contributed by atoms with Crippen molar-refractivity contribution in [1.82, 2.24) is 10.2 Å². The van der Waals surface area contributed by atoms with E-state index in [9.17, 15) is 9.18 Å². The Morgan fingerprint density at radius 2 is 1.84 bits per heavy atom. The van der Waals surface area contributed by atoms with Gasteiger partial charge in [0.2, 0.25) is 5.91 Å². The lowest BCUT2D eigenvalue weighted by Gasteiger charge is -2.31. The molecule has 0 aromatic heterocycles. The summed E-state index contributed by atoms with van der Waals surface area (Å²) < 4.78 is 31.0. The van der Waals surface area contributed by atoms with Gasteiger partial charge in [0.1, 0.15) is 24.6 Å². The zero-order valence-corrected chi connectivity index (χ0v) is 18.0. The molecule has 1 saturated heterocycles. The predicted molar refractivity (Wildman–Crippen MR) is 117 cm³/mol. The van der Waals surface area contributed by atoms with Gasteiger partial charge in [0.15, 0.2) is 11.6 Å². The fraction of sp³-hybridized carbons (Fsp3) is 0.458. The van der Waals surface area contributed by atoms with E-state index in [1.54, 1.807) is 25.3 Å². The molecule has 3 rings (SSSR count). The van der Waals surface area contributed by atoms with Crippen molar-refractivity contribution in [2.75, 3.05) is 46.5 Å². The van der Waals surface area contributed by atoms with Crippen molar-refractivity contribution in [3.63, 3.8) is 0 Å². The first kappa shape index (κ1) is 23.0. The SMILES string of the molecule is CO[C@]1(COc2ccccc2F)CCCN(CC(=O)NCCOc2ccccc2)CC1. The van der Waals surface area contributed by atoms with Gasteiger partial charge in [0.25, 0.3) is 0 Å². The van der Waals surface area contributed by atoms with Gasteiger partial charge in [-0.25, -0.2) is 4.39 Å². The summed E-state index contributed by atoms with van der Waals surface area (Å²) in [6.45, 7) is 3.01. The molecule has 1 atom stereocenters. The molecule has 0 spiro atoms. The molecule has 168 valence electrons. The number of nitrogens with one attached hydrogen (secondary N) is 1. The molecule has 0 unspecified atom stereocenters. The van der Waals surface area contributed by atoms with E-state index in [4.69, 9.17) is 14.2 Å². The van der Waals surface area contributed by atoms with E-state index in [0.29, 0.717) is 32.7 Å². The lowest BCUT2D eigenvalue weighted by Crippen LogP contribution is -2.41. The zero-order chi connectivity index (χ0) is 21.9. The molecule has 0 aliphatic carbocycles. The second kappa shape index (κ2) is 11.7. The Labute approximate surface area is 183 Å². The molecule has 1 heterocycles. The standard InChI is InChI=1S/C24H31FN2O4/c1-29-24(19-31-22-11-6-5-10-21(22)25)12-7-15-27(16-13-24)18-23(28)26-14-17-30-20-8-3-2-4-9-20/h2-6,8-11H,7,12-19H2,1H3,(H,26,28)/t24-/m1/s1. The van der Waals surface area contributed by atoms with Gasteiger partial charge >= 0.3 is 0 Å². The Morgan fingerprint density at radius 3 is 2.61 bits per heavy atom. The van der Waals surface area contributed by atoms with Crippen LogP contribution in [-0.4, -0.2) is 62.9 Å². The van der Waals surface area contributed by atoms with Gasteiger partial charge in [-0.3, -0.25) is 9.69 Å². The molecule has 1 amide bonds. The molecule has 31 heavy (non-hydrogen) atoms. The lowest BCUT2D eigenvalue weighted by atomic mass is 9.95. The number of rotatable bonds is 10. The number of para-hydroxylation sites is 2. The highest BCUT2D eigenvalue weighted by molar-refractivity contribution is 5.78. The molecule has 7 heteroatoms. The first-order valence-corrected chi connectivity index (χ1v) is 10.7. The number of carbonyl (C=O) groups is 1. The van der Waals surface area contributed by atoms with Crippen molar-refractivity contribution in [3.8, 4) is 11.5 Å². The molecular formula is C24H31FN2O4. The van der Waals surface area contributed by atoms with Crippen molar-refractivity contribution < 1.29 is 23.4 Å². The maximum Gasteiger partial charge on any atom is 0.234 e. The number of hydrogen-bond acceptors (Lipinski definition) is 5. The fourth-order valence-corrected chi connectivity index (χ4v) is 3.70. The summed E-state index contributed by atoms with van der Waals surface area (Å²) in [7, 11) is 1.67. The van der Waals surface area contributed by atoms with Crippen LogP contribution in [0.25, 0.3) is 0 Å². The number of ether oxygens (including phenoxy) is 3. The highest BCUT2D eigenvalue weighted by Gasteiger charge is 2.34. The minimum atomic E-state index is -0.489. The number of hydrogen-bond donors (Lipinski definition) is 1. The van der Waals surface area contributed by atoms with E-state index in [1.165, 1.54) is 6.07 Å². The van der Waals surface area contributed by atoms with Gasteiger partial charge < -0.3 is 19.5 Å². The highest BCUT2D eigenvalue weighted by atomic mass is 19.1. The number of benzene rings is 2. The molecule has 2 aromatic rings. The molecule has 0 saturated carbocycles. The first-order valence-electron chi connectivity index (χ1n) is 10.7. The maximum atomic E-state index is 13.9. The second-order valence-electron chi connectivity index (χ2n) is 7.75. The Hall–Kier alpha value is -2.64. The van der Waals surface area contributed by atoms with Crippen LogP contribution in [0.2, 0.25) is 0 Å². The Balaban J connectivity index is 1.40. The van der Waals surface area contributed by atoms with E-state index < -0.39 is 5.60 Å². The van der Waals surface area contributed by atoms with Crippen LogP contribution in [0, 0.1) is 5.82 Å². The Kier molecular flexibility index (Phi) is 8.67. The van der Waals surface area contributed by atoms with Crippen molar-refractivity contribution >= 4 is 5.91 Å². The average molecular weight is 431 g/mol. The van der Waals surface area contributed by atoms with Gasteiger partial charge in [0.05, 0.1) is 13.1 Å². The number of halogens is 1. The maximum absolute atomic E-state index is 13.9. The quantitative estimate of drug-likeness (QED) is 0.587. The van der Waals surface area contributed by atoms with Crippen LogP contribution < -0.4 is 14.8 Å². The number of nitrogens with zero attached hydrogens (tertiary/aromatic N) is 1. The third-order valence-electron chi connectivity index (χ3n) is 5.55. The molecule has 0 bridgehead atoms. The lowest BCUT2D eigenvalue weighted by molar-refractivity contribution is -0.122.